The molecular weight excluding hydrogens is 408 g/mol. The van der Waals surface area contributed by atoms with Crippen molar-refractivity contribution in [3.8, 4) is 17.2 Å². The van der Waals surface area contributed by atoms with Gasteiger partial charge in [-0.05, 0) is 59.9 Å². The van der Waals surface area contributed by atoms with E-state index in [0.29, 0.717) is 12.2 Å². The highest BCUT2D eigenvalue weighted by molar-refractivity contribution is 5.91. The highest BCUT2D eigenvalue weighted by Crippen LogP contribution is 2.35. The smallest absolute Gasteiger partial charge is 0.335 e. The van der Waals surface area contributed by atoms with E-state index in [0.717, 1.165) is 40.5 Å². The Morgan fingerprint density at radius 3 is 1.78 bits per heavy atom. The first-order valence-electron chi connectivity index (χ1n) is 9.80. The number of rotatable bonds is 9. The molecule has 0 heterocycles. The molecule has 6 heteroatoms. The van der Waals surface area contributed by atoms with Gasteiger partial charge in [-0.15, -0.1) is 0 Å². The van der Waals surface area contributed by atoms with Gasteiger partial charge in [0.1, 0.15) is 5.75 Å². The van der Waals surface area contributed by atoms with Crippen LogP contribution in [0.4, 0.5) is 0 Å². The van der Waals surface area contributed by atoms with Gasteiger partial charge in [0, 0.05) is 18.2 Å². The van der Waals surface area contributed by atoms with Crippen molar-refractivity contribution in [3.05, 3.63) is 91.6 Å². The summed E-state index contributed by atoms with van der Waals surface area (Å²) < 4.78 is 15.5. The van der Waals surface area contributed by atoms with Crippen molar-refractivity contribution in [2.75, 3.05) is 0 Å². The second-order valence-corrected chi connectivity index (χ2v) is 6.52. The average molecular weight is 432 g/mol. The molecule has 0 saturated carbocycles. The molecule has 0 bridgehead atoms. The zero-order valence-corrected chi connectivity index (χ0v) is 18.1. The van der Waals surface area contributed by atoms with Gasteiger partial charge in [-0.1, -0.05) is 44.9 Å². The summed E-state index contributed by atoms with van der Waals surface area (Å²) in [6, 6.07) is 12.1. The van der Waals surface area contributed by atoms with Gasteiger partial charge in [-0.2, -0.15) is 0 Å². The van der Waals surface area contributed by atoms with Crippen LogP contribution >= 0.6 is 0 Å². The first-order chi connectivity index (χ1) is 15.3. The Hall–Kier alpha value is -4.19. The number of carbonyl (C=O) groups is 3. The Morgan fingerprint density at radius 1 is 0.750 bits per heavy atom. The summed E-state index contributed by atoms with van der Waals surface area (Å²) in [5.74, 6) is -1.29. The molecule has 0 aliphatic heterocycles. The van der Waals surface area contributed by atoms with E-state index in [1.807, 2.05) is 26.0 Å². The maximum absolute atomic E-state index is 11.8. The van der Waals surface area contributed by atoms with Crippen molar-refractivity contribution >= 4 is 29.1 Å². The largest absolute Gasteiger partial charge is 0.423 e. The van der Waals surface area contributed by atoms with Crippen LogP contribution in [0.5, 0.6) is 17.2 Å². The van der Waals surface area contributed by atoms with Crippen LogP contribution in [0.2, 0.25) is 0 Å². The van der Waals surface area contributed by atoms with Crippen LogP contribution in [0.25, 0.3) is 11.1 Å². The maximum Gasteiger partial charge on any atom is 0.335 e. The Balaban J connectivity index is 2.46. The van der Waals surface area contributed by atoms with Crippen LogP contribution in [0.15, 0.2) is 80.4 Å². The van der Waals surface area contributed by atoms with E-state index in [2.05, 4.69) is 19.7 Å². The summed E-state index contributed by atoms with van der Waals surface area (Å²) in [5, 5.41) is 0. The molecule has 0 spiro atoms. The monoisotopic (exact) mass is 432 g/mol. The van der Waals surface area contributed by atoms with Crippen molar-refractivity contribution in [2.45, 2.75) is 20.3 Å². The molecule has 2 aromatic rings. The standard InChI is InChI=1S/C26H24O6/c1-6-21(18-10-13-20(14-11-18)30-24(27)7-2)17(5)19-12-15-22(31-25(28)8-3)23(16-19)32-26(29)9-4/h7-16H,2-4,6H2,1,5H3/b21-17+. The van der Waals surface area contributed by atoms with Gasteiger partial charge in [-0.25, -0.2) is 14.4 Å². The molecule has 6 nitrogen and oxygen atoms in total. The molecule has 2 rings (SSSR count). The molecule has 0 atom stereocenters. The number of hydrogen-bond acceptors (Lipinski definition) is 6. The summed E-state index contributed by atoms with van der Waals surface area (Å²) in [6.07, 6.45) is 3.85. The zero-order chi connectivity index (χ0) is 23.7. The van der Waals surface area contributed by atoms with Gasteiger partial charge in [0.25, 0.3) is 0 Å². The second-order valence-electron chi connectivity index (χ2n) is 6.52. The fourth-order valence-corrected chi connectivity index (χ4v) is 2.95. The molecule has 0 unspecified atom stereocenters. The lowest BCUT2D eigenvalue weighted by Gasteiger charge is -2.15. The Kier molecular flexibility index (Phi) is 8.48. The molecule has 0 aliphatic carbocycles. The molecule has 2 aromatic carbocycles. The number of allylic oxidation sites excluding steroid dienone is 2. The summed E-state index contributed by atoms with van der Waals surface area (Å²) >= 11 is 0. The molecule has 0 fully saturated rings. The van der Waals surface area contributed by atoms with E-state index in [1.165, 1.54) is 0 Å². The number of benzene rings is 2. The minimum atomic E-state index is -0.681. The van der Waals surface area contributed by atoms with Crippen LogP contribution in [-0.4, -0.2) is 17.9 Å². The maximum atomic E-state index is 11.8. The Labute approximate surface area is 187 Å². The molecule has 0 saturated heterocycles. The fourth-order valence-electron chi connectivity index (χ4n) is 2.95. The third-order valence-electron chi connectivity index (χ3n) is 4.53. The summed E-state index contributed by atoms with van der Waals surface area (Å²) in [5.41, 5.74) is 3.67. The van der Waals surface area contributed by atoms with E-state index in [-0.39, 0.29) is 11.5 Å². The van der Waals surface area contributed by atoms with Crippen LogP contribution in [0.3, 0.4) is 0 Å². The lowest BCUT2D eigenvalue weighted by Crippen LogP contribution is -2.08. The minimum Gasteiger partial charge on any atom is -0.423 e. The van der Waals surface area contributed by atoms with Crippen LogP contribution < -0.4 is 14.2 Å². The Morgan fingerprint density at radius 2 is 1.25 bits per heavy atom. The van der Waals surface area contributed by atoms with E-state index in [9.17, 15) is 14.4 Å². The first kappa shape index (κ1) is 24.1. The van der Waals surface area contributed by atoms with Crippen molar-refractivity contribution in [2.24, 2.45) is 0 Å². The second kappa shape index (κ2) is 11.3. The van der Waals surface area contributed by atoms with Crippen molar-refractivity contribution in [3.63, 3.8) is 0 Å². The lowest BCUT2D eigenvalue weighted by atomic mass is 9.93. The van der Waals surface area contributed by atoms with Crippen LogP contribution in [0, 0.1) is 0 Å². The quantitative estimate of drug-likeness (QED) is 0.232. The number of ether oxygens (including phenoxy) is 3. The van der Waals surface area contributed by atoms with Crippen molar-refractivity contribution in [1.82, 2.24) is 0 Å². The van der Waals surface area contributed by atoms with Gasteiger partial charge in [0.05, 0.1) is 0 Å². The SMILES string of the molecule is C=CC(=O)Oc1ccc(/C(CC)=C(\C)c2ccc(OC(=O)C=C)c(OC(=O)C=C)c2)cc1. The van der Waals surface area contributed by atoms with Crippen LogP contribution in [0.1, 0.15) is 31.4 Å². The third-order valence-corrected chi connectivity index (χ3v) is 4.53. The normalized spacial score (nSPS) is 10.9. The molecule has 0 N–H and O–H groups in total. The average Bonchev–Trinajstić information content (AvgIpc) is 2.81. The molecule has 0 amide bonds. The number of hydrogen-bond donors (Lipinski definition) is 0. The third kappa shape index (κ3) is 6.15. The van der Waals surface area contributed by atoms with E-state index < -0.39 is 17.9 Å². The first-order valence-corrected chi connectivity index (χ1v) is 9.80. The summed E-state index contributed by atoms with van der Waals surface area (Å²) in [4.78, 5) is 34.7. The number of carbonyl (C=O) groups excluding carboxylic acids is 3. The van der Waals surface area contributed by atoms with Gasteiger partial charge in [-0.3, -0.25) is 0 Å². The van der Waals surface area contributed by atoms with Gasteiger partial charge >= 0.3 is 17.9 Å². The highest BCUT2D eigenvalue weighted by Gasteiger charge is 2.15. The van der Waals surface area contributed by atoms with Crippen molar-refractivity contribution in [1.29, 1.82) is 0 Å². The summed E-state index contributed by atoms with van der Waals surface area (Å²) in [7, 11) is 0. The molecule has 0 radical (unpaired) electrons. The van der Waals surface area contributed by atoms with E-state index in [4.69, 9.17) is 14.2 Å². The molecule has 0 aliphatic rings. The van der Waals surface area contributed by atoms with Gasteiger partial charge in [0.15, 0.2) is 11.5 Å². The predicted molar refractivity (Wildman–Crippen MR) is 123 cm³/mol. The molecular formula is C26H24O6. The molecule has 0 aromatic heterocycles. The topological polar surface area (TPSA) is 78.9 Å². The summed E-state index contributed by atoms with van der Waals surface area (Å²) in [6.45, 7) is 14.1. The predicted octanol–water partition coefficient (Wildman–Crippen LogP) is 5.30. The van der Waals surface area contributed by atoms with Crippen LogP contribution in [-0.2, 0) is 14.4 Å². The minimum absolute atomic E-state index is 0.0871. The van der Waals surface area contributed by atoms with Gasteiger partial charge in [0.2, 0.25) is 0 Å². The van der Waals surface area contributed by atoms with E-state index >= 15 is 0 Å². The van der Waals surface area contributed by atoms with Gasteiger partial charge < -0.3 is 14.2 Å². The zero-order valence-electron chi connectivity index (χ0n) is 18.1. The number of esters is 3. The molecule has 164 valence electrons. The highest BCUT2D eigenvalue weighted by atomic mass is 16.6. The molecule has 32 heavy (non-hydrogen) atoms. The van der Waals surface area contributed by atoms with E-state index in [1.54, 1.807) is 30.3 Å². The lowest BCUT2D eigenvalue weighted by molar-refractivity contribution is -0.131. The van der Waals surface area contributed by atoms with Crippen molar-refractivity contribution < 1.29 is 28.6 Å². The Bertz CT molecular complexity index is 1090. The fraction of sp³-hybridized carbons (Fsp3) is 0.115.